The van der Waals surface area contributed by atoms with Gasteiger partial charge in [0.1, 0.15) is 0 Å². The first kappa shape index (κ1) is 24.5. The lowest BCUT2D eigenvalue weighted by Gasteiger charge is -2.10. The van der Waals surface area contributed by atoms with E-state index in [1.54, 1.807) is 14.1 Å². The quantitative estimate of drug-likeness (QED) is 0.474. The zero-order chi connectivity index (χ0) is 21.8. The lowest BCUT2D eigenvalue weighted by molar-refractivity contribution is 0.836. The third kappa shape index (κ3) is 8.99. The Morgan fingerprint density at radius 1 is 1.34 bits per heavy atom. The monoisotopic (exact) mass is 395 g/mol. The van der Waals surface area contributed by atoms with Crippen LogP contribution in [-0.2, 0) is 6.42 Å². The number of guanidine groups is 1. The van der Waals surface area contributed by atoms with Crippen LogP contribution in [-0.4, -0.2) is 20.1 Å². The van der Waals surface area contributed by atoms with Gasteiger partial charge in [0.2, 0.25) is 0 Å². The van der Waals surface area contributed by atoms with Gasteiger partial charge in [0.05, 0.1) is 0 Å². The van der Waals surface area contributed by atoms with E-state index >= 15 is 0 Å². The van der Waals surface area contributed by atoms with Gasteiger partial charge < -0.3 is 11.1 Å². The molecule has 2 unspecified atom stereocenters. The minimum absolute atomic E-state index is 0. The van der Waals surface area contributed by atoms with E-state index < -0.39 is 0 Å². The molecule has 1 aromatic carbocycles. The zero-order valence-electron chi connectivity index (χ0n) is 19.1. The lowest BCUT2D eigenvalue weighted by atomic mass is 9.95. The highest BCUT2D eigenvalue weighted by molar-refractivity contribution is 5.77. The standard InChI is InChI=1S/C21H24.C3H9N3.C2H6.H2/c1-15(2)7-8-17-5-4-6-18(12-17)11-16(3)19-9-10-20-14-21(20)13-19;1-5-3(4)6-2;1-2;/h4-10,12-13,15,20-21H,3,11,14H2,1-2H3;1-2H3,(H3,4,5,6);1-2H3;1H/b8-7+;;;. The van der Waals surface area contributed by atoms with Crippen LogP contribution in [0.3, 0.4) is 0 Å². The highest BCUT2D eigenvalue weighted by Gasteiger charge is 2.35. The molecule has 2 aliphatic carbocycles. The number of hydrogen-bond donors (Lipinski definition) is 2. The molecule has 0 amide bonds. The van der Waals surface area contributed by atoms with Crippen molar-refractivity contribution < 1.29 is 1.43 Å². The fraction of sp³-hybridized carbons (Fsp3) is 0.423. The molecule has 160 valence electrons. The van der Waals surface area contributed by atoms with E-state index in [1.807, 2.05) is 13.8 Å². The largest absolute Gasteiger partial charge is 0.370 e. The molecule has 3 nitrogen and oxygen atoms in total. The molecule has 0 saturated heterocycles. The van der Waals surface area contributed by atoms with E-state index in [-0.39, 0.29) is 1.43 Å². The van der Waals surface area contributed by atoms with Crippen molar-refractivity contribution in [2.45, 2.75) is 40.5 Å². The van der Waals surface area contributed by atoms with E-state index in [9.17, 15) is 0 Å². The van der Waals surface area contributed by atoms with E-state index in [0.717, 1.165) is 18.3 Å². The molecule has 1 aromatic rings. The van der Waals surface area contributed by atoms with Gasteiger partial charge in [-0.25, -0.2) is 0 Å². The van der Waals surface area contributed by atoms with Crippen LogP contribution in [0.5, 0.6) is 0 Å². The minimum atomic E-state index is 0. The number of allylic oxidation sites excluding steroid dienone is 6. The van der Waals surface area contributed by atoms with Gasteiger partial charge in [-0.2, -0.15) is 0 Å². The second kappa shape index (κ2) is 12.8. The SMILES string of the molecule is C=C(Cc1cccc(/C=C/C(C)C)c1)C1=CC2CC2C=C1.CC.CN=C(N)NC.[HH]. The summed E-state index contributed by atoms with van der Waals surface area (Å²) >= 11 is 0. The summed E-state index contributed by atoms with van der Waals surface area (Å²) in [6.45, 7) is 12.7. The zero-order valence-corrected chi connectivity index (χ0v) is 19.1. The first-order chi connectivity index (χ1) is 13.9. The number of nitrogens with one attached hydrogen (secondary N) is 1. The Morgan fingerprint density at radius 3 is 2.62 bits per heavy atom. The van der Waals surface area contributed by atoms with Crippen molar-refractivity contribution in [1.82, 2.24) is 5.32 Å². The highest BCUT2D eigenvalue weighted by Crippen LogP contribution is 2.45. The van der Waals surface area contributed by atoms with Crippen molar-refractivity contribution >= 4 is 12.0 Å². The van der Waals surface area contributed by atoms with Crippen LogP contribution in [0, 0.1) is 17.8 Å². The first-order valence-electron chi connectivity index (χ1n) is 10.7. The van der Waals surface area contributed by atoms with Crippen molar-refractivity contribution in [2.75, 3.05) is 14.1 Å². The van der Waals surface area contributed by atoms with Crippen molar-refractivity contribution in [2.24, 2.45) is 28.5 Å². The van der Waals surface area contributed by atoms with Crippen molar-refractivity contribution in [3.63, 3.8) is 0 Å². The van der Waals surface area contributed by atoms with Gasteiger partial charge >= 0.3 is 0 Å². The van der Waals surface area contributed by atoms with E-state index in [0.29, 0.717) is 11.9 Å². The lowest BCUT2D eigenvalue weighted by Crippen LogP contribution is -2.27. The Morgan fingerprint density at radius 2 is 2.07 bits per heavy atom. The summed E-state index contributed by atoms with van der Waals surface area (Å²) in [4.78, 5) is 3.59. The van der Waals surface area contributed by atoms with Crippen LogP contribution in [0.2, 0.25) is 0 Å². The Labute approximate surface area is 179 Å². The third-order valence-corrected chi connectivity index (χ3v) is 4.76. The number of aliphatic imine (C=N–C) groups is 1. The number of nitrogens with two attached hydrogens (primary N) is 1. The summed E-state index contributed by atoms with van der Waals surface area (Å²) in [5.41, 5.74) is 10.3. The fourth-order valence-electron chi connectivity index (χ4n) is 2.97. The summed E-state index contributed by atoms with van der Waals surface area (Å²) in [6, 6.07) is 8.78. The Balaban J connectivity index is 0.000000812. The topological polar surface area (TPSA) is 50.4 Å². The van der Waals surface area contributed by atoms with Gasteiger partial charge in [-0.3, -0.25) is 4.99 Å². The van der Waals surface area contributed by atoms with Crippen LogP contribution in [0.1, 0.15) is 46.7 Å². The van der Waals surface area contributed by atoms with Crippen LogP contribution in [0.25, 0.3) is 6.08 Å². The average Bonchev–Trinajstić information content (AvgIpc) is 3.52. The van der Waals surface area contributed by atoms with Crippen LogP contribution >= 0.6 is 0 Å². The van der Waals surface area contributed by atoms with Crippen LogP contribution < -0.4 is 11.1 Å². The molecule has 3 heteroatoms. The second-order valence-corrected chi connectivity index (χ2v) is 7.53. The molecule has 0 aliphatic heterocycles. The summed E-state index contributed by atoms with van der Waals surface area (Å²) in [6.07, 6.45) is 13.8. The molecular weight excluding hydrogens is 354 g/mol. The fourth-order valence-corrected chi connectivity index (χ4v) is 2.97. The number of fused-ring (bicyclic) bond motifs is 1. The predicted molar refractivity (Wildman–Crippen MR) is 132 cm³/mol. The van der Waals surface area contributed by atoms with Gasteiger partial charge in [-0.05, 0) is 52.9 Å². The molecule has 29 heavy (non-hydrogen) atoms. The van der Waals surface area contributed by atoms with Gasteiger partial charge in [0, 0.05) is 15.5 Å². The first-order valence-corrected chi connectivity index (χ1v) is 10.7. The van der Waals surface area contributed by atoms with Crippen LogP contribution in [0.15, 0.2) is 71.3 Å². The van der Waals surface area contributed by atoms with Crippen molar-refractivity contribution in [1.29, 1.82) is 0 Å². The summed E-state index contributed by atoms with van der Waals surface area (Å²) in [7, 11) is 3.36. The molecule has 1 saturated carbocycles. The smallest absolute Gasteiger partial charge is 0.188 e. The van der Waals surface area contributed by atoms with Crippen molar-refractivity contribution in [3.8, 4) is 0 Å². The highest BCUT2D eigenvalue weighted by atomic mass is 15.1. The Bertz CT molecular complexity index is 772. The second-order valence-electron chi connectivity index (χ2n) is 7.53. The third-order valence-electron chi connectivity index (χ3n) is 4.76. The molecule has 0 bridgehead atoms. The molecule has 0 spiro atoms. The molecule has 0 radical (unpaired) electrons. The maximum atomic E-state index is 5.11. The normalized spacial score (nSPS) is 19.4. The number of nitrogens with zero attached hydrogens (tertiary/aromatic N) is 1. The molecule has 2 aliphatic rings. The minimum Gasteiger partial charge on any atom is -0.370 e. The molecular formula is C26H41N3. The molecule has 0 heterocycles. The van der Waals surface area contributed by atoms with Gasteiger partial charge in [-0.1, -0.05) is 88.9 Å². The van der Waals surface area contributed by atoms with E-state index in [1.165, 1.54) is 28.7 Å². The summed E-state index contributed by atoms with van der Waals surface area (Å²) < 4.78 is 0. The van der Waals surface area contributed by atoms with E-state index in [2.05, 4.69) is 85.4 Å². The Kier molecular flexibility index (Phi) is 10.8. The molecule has 1 fully saturated rings. The van der Waals surface area contributed by atoms with Gasteiger partial charge in [0.25, 0.3) is 0 Å². The summed E-state index contributed by atoms with van der Waals surface area (Å²) in [5.74, 6) is 2.68. The number of rotatable bonds is 5. The molecule has 3 rings (SSSR count). The molecule has 0 aromatic heterocycles. The average molecular weight is 396 g/mol. The summed E-state index contributed by atoms with van der Waals surface area (Å²) in [5, 5.41) is 2.64. The maximum Gasteiger partial charge on any atom is 0.188 e. The number of benzene rings is 1. The predicted octanol–water partition coefficient (Wildman–Crippen LogP) is 6.01. The van der Waals surface area contributed by atoms with E-state index in [4.69, 9.17) is 5.73 Å². The van der Waals surface area contributed by atoms with Gasteiger partial charge in [0.15, 0.2) is 5.96 Å². The number of hydrogen-bond acceptors (Lipinski definition) is 1. The van der Waals surface area contributed by atoms with Gasteiger partial charge in [-0.15, -0.1) is 0 Å². The Hall–Kier alpha value is -2.55. The molecule has 3 N–H and O–H groups in total. The maximum absolute atomic E-state index is 5.11. The van der Waals surface area contributed by atoms with Crippen LogP contribution in [0.4, 0.5) is 0 Å². The molecule has 2 atom stereocenters. The van der Waals surface area contributed by atoms with Crippen molar-refractivity contribution in [3.05, 3.63) is 77.4 Å².